The van der Waals surface area contributed by atoms with Gasteiger partial charge in [0, 0.05) is 17.1 Å². The molecule has 0 bridgehead atoms. The number of H-pyrrole nitrogens is 1. The third-order valence-corrected chi connectivity index (χ3v) is 2.80. The number of primary amides is 1. The summed E-state index contributed by atoms with van der Waals surface area (Å²) in [4.78, 5) is 14.1. The fourth-order valence-electron chi connectivity index (χ4n) is 1.95. The predicted molar refractivity (Wildman–Crippen MR) is 63.9 cm³/mol. The van der Waals surface area contributed by atoms with Crippen molar-refractivity contribution in [1.29, 1.82) is 0 Å². The van der Waals surface area contributed by atoms with Gasteiger partial charge in [-0.3, -0.25) is 4.79 Å². The number of carbonyl (C=O) groups is 1. The first-order valence-electron chi connectivity index (χ1n) is 5.20. The Morgan fingerprint density at radius 2 is 2.25 bits per heavy atom. The van der Waals surface area contributed by atoms with E-state index < -0.39 is 11.9 Å². The zero-order valence-corrected chi connectivity index (χ0v) is 9.16. The lowest BCUT2D eigenvalue weighted by Gasteiger charge is -2.06. The quantitative estimate of drug-likeness (QED) is 0.711. The number of aryl methyl sites for hydroxylation is 1. The van der Waals surface area contributed by atoms with Crippen molar-refractivity contribution in [1.82, 2.24) is 4.98 Å². The maximum Gasteiger partial charge on any atom is 0.234 e. The largest absolute Gasteiger partial charge is 0.368 e. The van der Waals surface area contributed by atoms with E-state index in [9.17, 15) is 4.79 Å². The Morgan fingerprint density at radius 3 is 2.94 bits per heavy atom. The van der Waals surface area contributed by atoms with Crippen LogP contribution >= 0.6 is 0 Å². The third-order valence-electron chi connectivity index (χ3n) is 2.80. The Labute approximate surface area is 93.6 Å². The number of nitrogens with one attached hydrogen (secondary N) is 1. The van der Waals surface area contributed by atoms with Crippen LogP contribution in [0, 0.1) is 6.92 Å². The average molecular weight is 217 g/mol. The fourth-order valence-corrected chi connectivity index (χ4v) is 1.95. The molecule has 0 aliphatic heterocycles. The summed E-state index contributed by atoms with van der Waals surface area (Å²) in [5.74, 6) is -0.470. The molecular weight excluding hydrogens is 202 g/mol. The summed E-state index contributed by atoms with van der Waals surface area (Å²) < 4.78 is 0. The number of amides is 1. The minimum Gasteiger partial charge on any atom is -0.368 e. The van der Waals surface area contributed by atoms with Gasteiger partial charge in [0.1, 0.15) is 0 Å². The second kappa shape index (κ2) is 3.98. The number of carbonyl (C=O) groups excluding carboxylic acids is 1. The molecule has 1 aromatic carbocycles. The van der Waals surface area contributed by atoms with E-state index in [4.69, 9.17) is 11.5 Å². The SMILES string of the molecule is Cc1cccc2[nH]cc(C[C@H](N)C(N)=O)c12. The molecule has 2 aromatic rings. The first-order valence-corrected chi connectivity index (χ1v) is 5.20. The van der Waals surface area contributed by atoms with Gasteiger partial charge < -0.3 is 16.5 Å². The Kier molecular flexibility index (Phi) is 2.66. The summed E-state index contributed by atoms with van der Waals surface area (Å²) in [6, 6.07) is 5.40. The van der Waals surface area contributed by atoms with E-state index in [1.54, 1.807) is 0 Å². The number of benzene rings is 1. The summed E-state index contributed by atoms with van der Waals surface area (Å²) in [6.45, 7) is 2.04. The molecule has 1 atom stereocenters. The highest BCUT2D eigenvalue weighted by molar-refractivity contribution is 5.87. The molecule has 84 valence electrons. The lowest BCUT2D eigenvalue weighted by molar-refractivity contribution is -0.119. The fraction of sp³-hybridized carbons (Fsp3) is 0.250. The number of hydrogen-bond acceptors (Lipinski definition) is 2. The zero-order chi connectivity index (χ0) is 11.7. The first kappa shape index (κ1) is 10.7. The maximum atomic E-state index is 10.9. The van der Waals surface area contributed by atoms with E-state index in [2.05, 4.69) is 4.98 Å². The monoisotopic (exact) mass is 217 g/mol. The van der Waals surface area contributed by atoms with Gasteiger partial charge in [-0.2, -0.15) is 0 Å². The normalized spacial score (nSPS) is 12.9. The van der Waals surface area contributed by atoms with E-state index in [1.807, 2.05) is 31.3 Å². The molecule has 5 N–H and O–H groups in total. The van der Waals surface area contributed by atoms with Crippen molar-refractivity contribution in [2.45, 2.75) is 19.4 Å². The number of aromatic nitrogens is 1. The minimum atomic E-state index is -0.626. The molecular formula is C12H15N3O. The van der Waals surface area contributed by atoms with Gasteiger partial charge in [-0.15, -0.1) is 0 Å². The Hall–Kier alpha value is -1.81. The van der Waals surface area contributed by atoms with Crippen LogP contribution in [0.3, 0.4) is 0 Å². The van der Waals surface area contributed by atoms with E-state index >= 15 is 0 Å². The van der Waals surface area contributed by atoms with Crippen LogP contribution in [0.15, 0.2) is 24.4 Å². The third kappa shape index (κ3) is 1.79. The van der Waals surface area contributed by atoms with Gasteiger partial charge in [-0.05, 0) is 30.5 Å². The van der Waals surface area contributed by atoms with Crippen molar-refractivity contribution in [2.75, 3.05) is 0 Å². The second-order valence-electron chi connectivity index (χ2n) is 4.02. The molecule has 1 amide bonds. The highest BCUT2D eigenvalue weighted by atomic mass is 16.1. The molecule has 1 aromatic heterocycles. The molecule has 16 heavy (non-hydrogen) atoms. The van der Waals surface area contributed by atoms with Crippen molar-refractivity contribution in [3.63, 3.8) is 0 Å². The molecule has 0 unspecified atom stereocenters. The van der Waals surface area contributed by atoms with E-state index in [1.165, 1.54) is 5.56 Å². The van der Waals surface area contributed by atoms with Crippen LogP contribution in [0.1, 0.15) is 11.1 Å². The van der Waals surface area contributed by atoms with Gasteiger partial charge in [-0.1, -0.05) is 12.1 Å². The molecule has 0 saturated heterocycles. The highest BCUT2D eigenvalue weighted by Gasteiger charge is 2.13. The van der Waals surface area contributed by atoms with Crippen LogP contribution in [0.25, 0.3) is 10.9 Å². The molecule has 0 saturated carbocycles. The molecule has 2 rings (SSSR count). The number of hydrogen-bond donors (Lipinski definition) is 3. The molecule has 0 radical (unpaired) electrons. The van der Waals surface area contributed by atoms with Crippen LogP contribution < -0.4 is 11.5 Å². The molecule has 0 spiro atoms. The molecule has 0 aliphatic carbocycles. The topological polar surface area (TPSA) is 84.9 Å². The van der Waals surface area contributed by atoms with Crippen LogP contribution in [-0.4, -0.2) is 16.9 Å². The minimum absolute atomic E-state index is 0.470. The highest BCUT2D eigenvalue weighted by Crippen LogP contribution is 2.22. The lowest BCUT2D eigenvalue weighted by Crippen LogP contribution is -2.38. The van der Waals surface area contributed by atoms with Crippen LogP contribution in [0.2, 0.25) is 0 Å². The van der Waals surface area contributed by atoms with Gasteiger partial charge in [0.15, 0.2) is 0 Å². The summed E-state index contributed by atoms with van der Waals surface area (Å²) >= 11 is 0. The zero-order valence-electron chi connectivity index (χ0n) is 9.16. The van der Waals surface area contributed by atoms with Gasteiger partial charge in [-0.25, -0.2) is 0 Å². The Morgan fingerprint density at radius 1 is 1.50 bits per heavy atom. The number of rotatable bonds is 3. The number of nitrogens with two attached hydrogens (primary N) is 2. The predicted octanol–water partition coefficient (Wildman–Crippen LogP) is 0.831. The Bertz CT molecular complexity index is 530. The molecule has 4 nitrogen and oxygen atoms in total. The van der Waals surface area contributed by atoms with Crippen molar-refractivity contribution in [2.24, 2.45) is 11.5 Å². The van der Waals surface area contributed by atoms with Crippen LogP contribution in [0.4, 0.5) is 0 Å². The summed E-state index contributed by atoms with van der Waals surface area (Å²) in [5.41, 5.74) is 14.1. The van der Waals surface area contributed by atoms with Gasteiger partial charge >= 0.3 is 0 Å². The van der Waals surface area contributed by atoms with Crippen molar-refractivity contribution < 1.29 is 4.79 Å². The van der Waals surface area contributed by atoms with Crippen molar-refractivity contribution >= 4 is 16.8 Å². The molecule has 0 aliphatic rings. The average Bonchev–Trinajstić information content (AvgIpc) is 2.63. The lowest BCUT2D eigenvalue weighted by atomic mass is 10.0. The van der Waals surface area contributed by atoms with E-state index in [0.29, 0.717) is 6.42 Å². The van der Waals surface area contributed by atoms with Gasteiger partial charge in [0.05, 0.1) is 6.04 Å². The van der Waals surface area contributed by atoms with E-state index in [-0.39, 0.29) is 0 Å². The van der Waals surface area contributed by atoms with E-state index in [0.717, 1.165) is 16.5 Å². The molecule has 1 heterocycles. The standard InChI is InChI=1S/C12H15N3O/c1-7-3-2-4-10-11(7)8(6-15-10)5-9(13)12(14)16/h2-4,6,9,15H,5,13H2,1H3,(H2,14,16)/t9-/m0/s1. The summed E-state index contributed by atoms with van der Waals surface area (Å²) in [7, 11) is 0. The van der Waals surface area contributed by atoms with Gasteiger partial charge in [0.25, 0.3) is 0 Å². The van der Waals surface area contributed by atoms with Crippen molar-refractivity contribution in [3.8, 4) is 0 Å². The molecule has 0 fully saturated rings. The first-order chi connectivity index (χ1) is 7.59. The smallest absolute Gasteiger partial charge is 0.234 e. The summed E-state index contributed by atoms with van der Waals surface area (Å²) in [6.07, 6.45) is 2.36. The molecule has 4 heteroatoms. The van der Waals surface area contributed by atoms with Crippen LogP contribution in [0.5, 0.6) is 0 Å². The maximum absolute atomic E-state index is 10.9. The number of aromatic amines is 1. The van der Waals surface area contributed by atoms with Gasteiger partial charge in [0.2, 0.25) is 5.91 Å². The Balaban J connectivity index is 2.42. The number of fused-ring (bicyclic) bond motifs is 1. The summed E-state index contributed by atoms with van der Waals surface area (Å²) in [5, 5.41) is 1.14. The van der Waals surface area contributed by atoms with Crippen molar-refractivity contribution in [3.05, 3.63) is 35.5 Å². The second-order valence-corrected chi connectivity index (χ2v) is 4.02. The van der Waals surface area contributed by atoms with Crippen LogP contribution in [-0.2, 0) is 11.2 Å².